The number of nitrogens with two attached hydrogens (primary N) is 2. The van der Waals surface area contributed by atoms with Crippen LogP contribution in [0.4, 0.5) is 0 Å². The maximum absolute atomic E-state index is 12.4. The van der Waals surface area contributed by atoms with Gasteiger partial charge in [0, 0.05) is 18.7 Å². The number of sulfonamides is 1. The quantitative estimate of drug-likeness (QED) is 0.420. The molecule has 10 nitrogen and oxygen atoms in total. The van der Waals surface area contributed by atoms with Crippen LogP contribution >= 0.6 is 0 Å². The third-order valence-electron chi connectivity index (χ3n) is 6.90. The average molecular weight is 433 g/mol. The molecule has 2 aromatic rings. The van der Waals surface area contributed by atoms with Gasteiger partial charge in [-0.05, 0) is 78.3 Å². The smallest absolute Gasteiger partial charge is 0.239 e. The van der Waals surface area contributed by atoms with Crippen molar-refractivity contribution in [2.75, 3.05) is 13.1 Å². The van der Waals surface area contributed by atoms with Crippen LogP contribution in [0.2, 0.25) is 0 Å². The van der Waals surface area contributed by atoms with Gasteiger partial charge in [-0.15, -0.1) is 5.10 Å². The van der Waals surface area contributed by atoms with Crippen molar-refractivity contribution < 1.29 is 8.42 Å². The summed E-state index contributed by atoms with van der Waals surface area (Å²) in [7, 11) is -3.95. The molecule has 2 heterocycles. The van der Waals surface area contributed by atoms with Crippen LogP contribution in [0.15, 0.2) is 17.0 Å². The molecule has 0 atom stereocenters. The molecule has 0 bridgehead atoms. The molecule has 1 aliphatic carbocycles. The lowest BCUT2D eigenvalue weighted by atomic mass is 9.64. The molecule has 2 fully saturated rings. The number of primary sulfonamides is 1. The van der Waals surface area contributed by atoms with Crippen LogP contribution in [-0.4, -0.2) is 53.0 Å². The van der Waals surface area contributed by atoms with Gasteiger partial charge in [0.2, 0.25) is 10.0 Å². The third kappa shape index (κ3) is 3.79. The topological polar surface area (TPSA) is 168 Å². The number of hydrogen-bond donors (Lipinski definition) is 4. The molecule has 30 heavy (non-hydrogen) atoms. The van der Waals surface area contributed by atoms with Crippen LogP contribution in [0, 0.1) is 17.7 Å². The minimum atomic E-state index is -3.95. The van der Waals surface area contributed by atoms with Crippen LogP contribution in [0.3, 0.4) is 0 Å². The molecular weight excluding hydrogens is 404 g/mol. The molecule has 11 heteroatoms. The number of guanidine groups is 1. The standard InChI is InChI=1S/C19H28N8O2S/c1-12-2-3-14(15(16(12)30(22,28)29)17-23-25-26-24-17)13-4-6-19(7-5-13)8-10-27(11-9-19)18(20)21/h2-3,13H,4-11H2,1H3,(H3,20,21)(H2,22,28,29)(H,23,24,25,26). The number of likely N-dealkylation sites (tertiary alicyclic amines) is 1. The van der Waals surface area contributed by atoms with E-state index in [-0.39, 0.29) is 22.2 Å². The number of H-pyrrole nitrogens is 1. The molecule has 1 aliphatic heterocycles. The van der Waals surface area contributed by atoms with Crippen LogP contribution < -0.4 is 10.9 Å². The van der Waals surface area contributed by atoms with E-state index in [0.29, 0.717) is 17.0 Å². The summed E-state index contributed by atoms with van der Waals surface area (Å²) in [5.41, 5.74) is 7.93. The number of rotatable bonds is 3. The van der Waals surface area contributed by atoms with Gasteiger partial charge >= 0.3 is 0 Å². The van der Waals surface area contributed by atoms with Crippen LogP contribution in [0.1, 0.15) is 55.6 Å². The Hall–Kier alpha value is -2.53. The molecule has 1 aromatic heterocycles. The first-order chi connectivity index (χ1) is 14.2. The Bertz CT molecular complexity index is 1030. The van der Waals surface area contributed by atoms with Gasteiger partial charge < -0.3 is 10.6 Å². The normalized spacial score (nSPS) is 19.9. The summed E-state index contributed by atoms with van der Waals surface area (Å²) in [6.45, 7) is 3.39. The second kappa shape index (κ2) is 7.62. The van der Waals surface area contributed by atoms with Crippen LogP contribution in [-0.2, 0) is 10.0 Å². The van der Waals surface area contributed by atoms with Crippen LogP contribution in [0.5, 0.6) is 0 Å². The van der Waals surface area contributed by atoms with E-state index in [1.807, 2.05) is 17.0 Å². The number of piperidine rings is 1. The third-order valence-corrected chi connectivity index (χ3v) is 8.00. The maximum atomic E-state index is 12.4. The molecule has 2 aliphatic rings. The van der Waals surface area contributed by atoms with Crippen molar-refractivity contribution in [3.05, 3.63) is 23.3 Å². The Kier molecular flexibility index (Phi) is 5.27. The van der Waals surface area contributed by atoms with Crippen molar-refractivity contribution in [3.63, 3.8) is 0 Å². The lowest BCUT2D eigenvalue weighted by molar-refractivity contribution is 0.0894. The highest BCUT2D eigenvalue weighted by Crippen LogP contribution is 2.50. The van der Waals surface area contributed by atoms with Gasteiger partial charge in [-0.3, -0.25) is 5.41 Å². The SMILES string of the molecule is Cc1ccc(C2CCC3(CC2)CCN(C(=N)N)CC3)c(-c2nnn[nH]2)c1S(N)(=O)=O. The fraction of sp³-hybridized carbons (Fsp3) is 0.579. The van der Waals surface area contributed by atoms with Gasteiger partial charge in [-0.2, -0.15) is 0 Å². The number of benzene rings is 1. The van der Waals surface area contributed by atoms with Crippen molar-refractivity contribution in [1.82, 2.24) is 25.5 Å². The van der Waals surface area contributed by atoms with Crippen molar-refractivity contribution >= 4 is 16.0 Å². The number of hydrogen-bond acceptors (Lipinski definition) is 6. The first-order valence-corrected chi connectivity index (χ1v) is 11.7. The Morgan fingerprint density at radius 1 is 1.23 bits per heavy atom. The average Bonchev–Trinajstić information content (AvgIpc) is 3.22. The minimum absolute atomic E-state index is 0.0913. The maximum Gasteiger partial charge on any atom is 0.239 e. The zero-order chi connectivity index (χ0) is 21.5. The highest BCUT2D eigenvalue weighted by Gasteiger charge is 2.39. The minimum Gasteiger partial charge on any atom is -0.370 e. The zero-order valence-electron chi connectivity index (χ0n) is 17.1. The van der Waals surface area contributed by atoms with Gasteiger partial charge in [0.25, 0.3) is 0 Å². The number of nitrogens with zero attached hydrogens (tertiary/aromatic N) is 4. The summed E-state index contributed by atoms with van der Waals surface area (Å²) in [5.74, 6) is 0.689. The van der Waals surface area contributed by atoms with Crippen molar-refractivity contribution in [2.24, 2.45) is 16.3 Å². The summed E-state index contributed by atoms with van der Waals surface area (Å²) in [6, 6.07) is 3.81. The Morgan fingerprint density at radius 2 is 1.90 bits per heavy atom. The number of aryl methyl sites for hydroxylation is 1. The Balaban J connectivity index is 1.63. The van der Waals surface area contributed by atoms with E-state index in [0.717, 1.165) is 57.2 Å². The first-order valence-electron chi connectivity index (χ1n) is 10.2. The predicted octanol–water partition coefficient (Wildman–Crippen LogP) is 1.46. The lowest BCUT2D eigenvalue weighted by Gasteiger charge is -2.46. The van der Waals surface area contributed by atoms with Crippen molar-refractivity contribution in [3.8, 4) is 11.4 Å². The fourth-order valence-corrected chi connectivity index (χ4v) is 6.20. The van der Waals surface area contributed by atoms with Gasteiger partial charge in [-0.1, -0.05) is 12.1 Å². The summed E-state index contributed by atoms with van der Waals surface area (Å²) >= 11 is 0. The fourth-order valence-electron chi connectivity index (χ4n) is 5.18. The summed E-state index contributed by atoms with van der Waals surface area (Å²) < 4.78 is 24.8. The molecular formula is C19H28N8O2S. The lowest BCUT2D eigenvalue weighted by Crippen LogP contribution is -2.46. The van der Waals surface area contributed by atoms with E-state index < -0.39 is 10.0 Å². The molecule has 0 unspecified atom stereocenters. The molecule has 162 valence electrons. The van der Waals surface area contributed by atoms with Gasteiger partial charge in [-0.25, -0.2) is 18.7 Å². The van der Waals surface area contributed by atoms with Gasteiger partial charge in [0.05, 0.1) is 4.90 Å². The number of aromatic nitrogens is 4. The summed E-state index contributed by atoms with van der Waals surface area (Å²) in [5, 5.41) is 27.2. The first kappa shape index (κ1) is 20.7. The molecule has 6 N–H and O–H groups in total. The molecule has 1 saturated heterocycles. The highest BCUT2D eigenvalue weighted by molar-refractivity contribution is 7.89. The van der Waals surface area contributed by atoms with Gasteiger partial charge in [0.15, 0.2) is 11.8 Å². The molecule has 1 aromatic carbocycles. The van der Waals surface area contributed by atoms with E-state index in [1.54, 1.807) is 6.92 Å². The van der Waals surface area contributed by atoms with E-state index >= 15 is 0 Å². The largest absolute Gasteiger partial charge is 0.370 e. The second-order valence-electron chi connectivity index (χ2n) is 8.62. The summed E-state index contributed by atoms with van der Waals surface area (Å²) in [4.78, 5) is 2.03. The predicted molar refractivity (Wildman–Crippen MR) is 112 cm³/mol. The van der Waals surface area contributed by atoms with E-state index in [2.05, 4.69) is 20.6 Å². The Morgan fingerprint density at radius 3 is 2.43 bits per heavy atom. The number of tetrazole rings is 1. The molecule has 0 amide bonds. The molecule has 1 saturated carbocycles. The summed E-state index contributed by atoms with van der Waals surface area (Å²) in [6.07, 6.45) is 6.12. The monoisotopic (exact) mass is 432 g/mol. The Labute approximate surface area is 176 Å². The number of nitrogens with one attached hydrogen (secondary N) is 2. The van der Waals surface area contributed by atoms with Gasteiger partial charge in [0.1, 0.15) is 0 Å². The van der Waals surface area contributed by atoms with Crippen molar-refractivity contribution in [1.29, 1.82) is 5.41 Å². The van der Waals surface area contributed by atoms with E-state index in [9.17, 15) is 8.42 Å². The molecule has 4 rings (SSSR count). The highest BCUT2D eigenvalue weighted by atomic mass is 32.2. The molecule has 1 spiro atoms. The molecule has 0 radical (unpaired) electrons. The van der Waals surface area contributed by atoms with Crippen LogP contribution in [0.25, 0.3) is 11.4 Å². The second-order valence-corrected chi connectivity index (χ2v) is 10.1. The zero-order valence-corrected chi connectivity index (χ0v) is 17.9. The van der Waals surface area contributed by atoms with E-state index in [4.69, 9.17) is 16.3 Å². The van der Waals surface area contributed by atoms with Crippen molar-refractivity contribution in [2.45, 2.75) is 56.3 Å². The number of aromatic amines is 1. The van der Waals surface area contributed by atoms with E-state index in [1.165, 1.54) is 0 Å².